The van der Waals surface area contributed by atoms with Crippen molar-refractivity contribution in [2.45, 2.75) is 67.0 Å². The van der Waals surface area contributed by atoms with Crippen molar-refractivity contribution in [1.82, 2.24) is 14.7 Å². The molecule has 0 spiro atoms. The fraction of sp³-hybridized carbons (Fsp3) is 0.824. The molecule has 21 heavy (non-hydrogen) atoms. The Kier molecular flexibility index (Phi) is 5.53. The number of hydrogen-bond acceptors (Lipinski definition) is 2. The predicted molar refractivity (Wildman–Crippen MR) is 92.4 cm³/mol. The minimum Gasteiger partial charge on any atom is -0.297 e. The van der Waals surface area contributed by atoms with Crippen molar-refractivity contribution in [2.24, 2.45) is 11.3 Å². The lowest BCUT2D eigenvalue weighted by molar-refractivity contribution is 0.205. The second-order valence-electron chi connectivity index (χ2n) is 7.43. The minimum atomic E-state index is 0.443. The van der Waals surface area contributed by atoms with Gasteiger partial charge in [0.1, 0.15) is 0 Å². The van der Waals surface area contributed by atoms with Crippen LogP contribution in [-0.2, 0) is 13.1 Å². The highest BCUT2D eigenvalue weighted by molar-refractivity contribution is 9.10. The van der Waals surface area contributed by atoms with Crippen molar-refractivity contribution < 1.29 is 0 Å². The molecule has 1 atom stereocenters. The van der Waals surface area contributed by atoms with Gasteiger partial charge < -0.3 is 0 Å². The standard InChI is InChI=1S/C17H30BrN3/c1-6-21-15(16(18)13(2)19-21)12-20-10-7-8-14(9-11-20)17(3,4)5/h14H,6-12H2,1-5H3. The molecule has 2 heterocycles. The van der Waals surface area contributed by atoms with Crippen LogP contribution in [0.2, 0.25) is 0 Å². The van der Waals surface area contributed by atoms with Gasteiger partial charge in [0.25, 0.3) is 0 Å². The maximum atomic E-state index is 4.61. The van der Waals surface area contributed by atoms with Gasteiger partial charge in [-0.2, -0.15) is 5.10 Å². The zero-order valence-corrected chi connectivity index (χ0v) is 15.8. The average molecular weight is 356 g/mol. The second kappa shape index (κ2) is 6.82. The SMILES string of the molecule is CCn1nc(C)c(Br)c1CN1CCCC(C(C)(C)C)CC1. The van der Waals surface area contributed by atoms with Gasteiger partial charge in [-0.3, -0.25) is 9.58 Å². The van der Waals surface area contributed by atoms with Crippen molar-refractivity contribution in [1.29, 1.82) is 0 Å². The fourth-order valence-corrected chi connectivity index (χ4v) is 3.82. The summed E-state index contributed by atoms with van der Waals surface area (Å²) in [5, 5.41) is 4.61. The van der Waals surface area contributed by atoms with E-state index >= 15 is 0 Å². The van der Waals surface area contributed by atoms with E-state index in [1.807, 2.05) is 0 Å². The Morgan fingerprint density at radius 3 is 2.57 bits per heavy atom. The van der Waals surface area contributed by atoms with Gasteiger partial charge in [0, 0.05) is 13.1 Å². The Labute approximate surface area is 138 Å². The summed E-state index contributed by atoms with van der Waals surface area (Å²) in [6, 6.07) is 0. The molecule has 1 saturated heterocycles. The molecule has 3 nitrogen and oxygen atoms in total. The predicted octanol–water partition coefficient (Wildman–Crippen LogP) is 4.62. The van der Waals surface area contributed by atoms with Crippen molar-refractivity contribution in [3.8, 4) is 0 Å². The molecule has 0 radical (unpaired) electrons. The summed E-state index contributed by atoms with van der Waals surface area (Å²) in [6.07, 6.45) is 4.01. The van der Waals surface area contributed by atoms with Gasteiger partial charge in [-0.25, -0.2) is 0 Å². The van der Waals surface area contributed by atoms with Crippen LogP contribution >= 0.6 is 15.9 Å². The van der Waals surface area contributed by atoms with Crippen molar-refractivity contribution in [2.75, 3.05) is 13.1 Å². The van der Waals surface area contributed by atoms with E-state index in [1.165, 1.54) is 42.5 Å². The summed E-state index contributed by atoms with van der Waals surface area (Å²) in [4.78, 5) is 2.61. The summed E-state index contributed by atoms with van der Waals surface area (Å²) in [6.45, 7) is 15.8. The number of aryl methyl sites for hydroxylation is 2. The molecule has 4 heteroatoms. The molecule has 120 valence electrons. The van der Waals surface area contributed by atoms with Gasteiger partial charge in [0.15, 0.2) is 0 Å². The topological polar surface area (TPSA) is 21.1 Å². The number of halogens is 1. The first-order valence-corrected chi connectivity index (χ1v) is 9.06. The maximum Gasteiger partial charge on any atom is 0.0739 e. The minimum absolute atomic E-state index is 0.443. The monoisotopic (exact) mass is 355 g/mol. The largest absolute Gasteiger partial charge is 0.297 e. The van der Waals surface area contributed by atoms with Gasteiger partial charge >= 0.3 is 0 Å². The van der Waals surface area contributed by atoms with Crippen LogP contribution in [0.1, 0.15) is 58.3 Å². The van der Waals surface area contributed by atoms with Crippen LogP contribution in [0.25, 0.3) is 0 Å². The molecular formula is C17H30BrN3. The van der Waals surface area contributed by atoms with Crippen LogP contribution < -0.4 is 0 Å². The van der Waals surface area contributed by atoms with Gasteiger partial charge in [-0.15, -0.1) is 0 Å². The molecule has 1 unspecified atom stereocenters. The second-order valence-corrected chi connectivity index (χ2v) is 8.22. The van der Waals surface area contributed by atoms with E-state index in [2.05, 4.69) is 65.2 Å². The van der Waals surface area contributed by atoms with Crippen LogP contribution in [-0.4, -0.2) is 27.8 Å². The Hall–Kier alpha value is -0.350. The van der Waals surface area contributed by atoms with E-state index in [4.69, 9.17) is 0 Å². The van der Waals surface area contributed by atoms with Crippen LogP contribution in [0.4, 0.5) is 0 Å². The third kappa shape index (κ3) is 4.10. The van der Waals surface area contributed by atoms with E-state index in [0.29, 0.717) is 5.41 Å². The molecule has 1 fully saturated rings. The van der Waals surface area contributed by atoms with Gasteiger partial charge in [-0.1, -0.05) is 20.8 Å². The first kappa shape index (κ1) is 17.0. The molecule has 0 aromatic carbocycles. The highest BCUT2D eigenvalue weighted by Gasteiger charge is 2.27. The molecule has 1 aromatic rings. The normalized spacial score (nSPS) is 21.5. The molecular weight excluding hydrogens is 326 g/mol. The molecule has 2 rings (SSSR count). The lowest BCUT2D eigenvalue weighted by Gasteiger charge is -2.29. The number of aromatic nitrogens is 2. The molecule has 0 aliphatic carbocycles. The molecule has 1 aliphatic rings. The van der Waals surface area contributed by atoms with Gasteiger partial charge in [0.2, 0.25) is 0 Å². The Morgan fingerprint density at radius 2 is 1.95 bits per heavy atom. The van der Waals surface area contributed by atoms with Crippen LogP contribution in [0, 0.1) is 18.3 Å². The summed E-state index contributed by atoms with van der Waals surface area (Å²) < 4.78 is 3.34. The third-order valence-corrected chi connectivity index (χ3v) is 5.90. The molecule has 0 bridgehead atoms. The summed E-state index contributed by atoms with van der Waals surface area (Å²) in [7, 11) is 0. The molecule has 1 aromatic heterocycles. The van der Waals surface area contributed by atoms with Crippen LogP contribution in [0.3, 0.4) is 0 Å². The van der Waals surface area contributed by atoms with E-state index in [1.54, 1.807) is 0 Å². The highest BCUT2D eigenvalue weighted by atomic mass is 79.9. The van der Waals surface area contributed by atoms with Crippen molar-refractivity contribution in [3.63, 3.8) is 0 Å². The maximum absolute atomic E-state index is 4.61. The number of likely N-dealkylation sites (tertiary alicyclic amines) is 1. The fourth-order valence-electron chi connectivity index (χ4n) is 3.41. The summed E-state index contributed by atoms with van der Waals surface area (Å²) in [5.41, 5.74) is 2.89. The number of hydrogen-bond donors (Lipinski definition) is 0. The van der Waals surface area contributed by atoms with E-state index in [0.717, 1.165) is 24.7 Å². The number of nitrogens with zero attached hydrogens (tertiary/aromatic N) is 3. The first-order chi connectivity index (χ1) is 9.82. The summed E-state index contributed by atoms with van der Waals surface area (Å²) in [5.74, 6) is 0.851. The van der Waals surface area contributed by atoms with E-state index in [9.17, 15) is 0 Å². The van der Waals surface area contributed by atoms with Crippen LogP contribution in [0.15, 0.2) is 4.47 Å². The smallest absolute Gasteiger partial charge is 0.0739 e. The molecule has 0 amide bonds. The zero-order chi connectivity index (χ0) is 15.6. The molecule has 0 N–H and O–H groups in total. The quantitative estimate of drug-likeness (QED) is 0.788. The highest BCUT2D eigenvalue weighted by Crippen LogP contribution is 2.34. The lowest BCUT2D eigenvalue weighted by atomic mass is 9.77. The first-order valence-electron chi connectivity index (χ1n) is 8.27. The zero-order valence-electron chi connectivity index (χ0n) is 14.2. The van der Waals surface area contributed by atoms with Gasteiger partial charge in [0.05, 0.1) is 15.9 Å². The van der Waals surface area contributed by atoms with E-state index in [-0.39, 0.29) is 0 Å². The van der Waals surface area contributed by atoms with Crippen molar-refractivity contribution >= 4 is 15.9 Å². The average Bonchev–Trinajstić information content (AvgIpc) is 2.60. The summed E-state index contributed by atoms with van der Waals surface area (Å²) >= 11 is 3.72. The number of rotatable bonds is 3. The molecule has 0 saturated carbocycles. The van der Waals surface area contributed by atoms with Gasteiger partial charge in [-0.05, 0) is 73.5 Å². The van der Waals surface area contributed by atoms with E-state index < -0.39 is 0 Å². The Balaban J connectivity index is 2.04. The lowest BCUT2D eigenvalue weighted by Crippen LogP contribution is -2.27. The third-order valence-electron chi connectivity index (χ3n) is 4.87. The molecule has 1 aliphatic heterocycles. The Bertz CT molecular complexity index is 473. The van der Waals surface area contributed by atoms with Crippen molar-refractivity contribution in [3.05, 3.63) is 15.9 Å². The van der Waals surface area contributed by atoms with Crippen LogP contribution in [0.5, 0.6) is 0 Å². The Morgan fingerprint density at radius 1 is 1.24 bits per heavy atom.